The molecule has 0 amide bonds. The molecule has 0 fully saturated rings. The van der Waals surface area contributed by atoms with Gasteiger partial charge in [-0.2, -0.15) is 0 Å². The van der Waals surface area contributed by atoms with Crippen LogP contribution < -0.4 is 15.1 Å². The fourth-order valence-electron chi connectivity index (χ4n) is 2.75. The van der Waals surface area contributed by atoms with Gasteiger partial charge in [0.1, 0.15) is 6.17 Å². The van der Waals surface area contributed by atoms with Gasteiger partial charge in [0.25, 0.3) is 0 Å². The van der Waals surface area contributed by atoms with Gasteiger partial charge in [-0.1, -0.05) is 23.2 Å². The number of fused-ring (bicyclic) bond motifs is 1. The van der Waals surface area contributed by atoms with E-state index in [9.17, 15) is 0 Å². The van der Waals surface area contributed by atoms with Crippen LogP contribution in [0, 0.1) is 0 Å². The molecule has 0 spiro atoms. The summed E-state index contributed by atoms with van der Waals surface area (Å²) in [5.74, 6) is 0. The predicted molar refractivity (Wildman–Crippen MR) is 98.3 cm³/mol. The molecule has 0 saturated heterocycles. The molecule has 0 radical (unpaired) electrons. The number of anilines is 2. The van der Waals surface area contributed by atoms with Gasteiger partial charge in [0.2, 0.25) is 0 Å². The summed E-state index contributed by atoms with van der Waals surface area (Å²) in [6, 6.07) is 3.94. The fraction of sp³-hybridized carbons (Fsp3) is 0.529. The third-order valence-corrected chi connectivity index (χ3v) is 4.46. The summed E-state index contributed by atoms with van der Waals surface area (Å²) in [4.78, 5) is 4.67. The Labute approximate surface area is 143 Å². The van der Waals surface area contributed by atoms with Crippen LogP contribution in [0.2, 0.25) is 10.0 Å². The van der Waals surface area contributed by atoms with E-state index in [1.165, 1.54) is 0 Å². The molecular weight excluding hydrogens is 317 g/mol. The number of rotatable bonds is 4. The highest BCUT2D eigenvalue weighted by atomic mass is 35.5. The molecule has 0 atom stereocenters. The smallest absolute Gasteiger partial charge is 0.123 e. The first-order valence-electron chi connectivity index (χ1n) is 7.75. The summed E-state index contributed by atoms with van der Waals surface area (Å²) in [7, 11) is 0. The third-order valence-electron chi connectivity index (χ3n) is 3.74. The average molecular weight is 342 g/mol. The second kappa shape index (κ2) is 6.59. The van der Waals surface area contributed by atoms with Crippen molar-refractivity contribution in [2.75, 3.05) is 22.9 Å². The van der Waals surface area contributed by atoms with Crippen molar-refractivity contribution in [3.05, 3.63) is 34.5 Å². The molecule has 1 aliphatic heterocycles. The minimum Gasteiger partial charge on any atom is -0.386 e. The maximum atomic E-state index is 6.21. The van der Waals surface area contributed by atoms with Crippen molar-refractivity contribution in [2.24, 2.45) is 0 Å². The Balaban J connectivity index is 2.35. The Morgan fingerprint density at radius 1 is 1.05 bits per heavy atom. The van der Waals surface area contributed by atoms with Crippen molar-refractivity contribution in [1.29, 1.82) is 0 Å². The van der Waals surface area contributed by atoms with Gasteiger partial charge in [0, 0.05) is 18.6 Å². The maximum absolute atomic E-state index is 6.21. The van der Waals surface area contributed by atoms with Crippen molar-refractivity contribution < 1.29 is 0 Å². The van der Waals surface area contributed by atoms with E-state index in [4.69, 9.17) is 23.2 Å². The zero-order valence-electron chi connectivity index (χ0n) is 14.0. The first kappa shape index (κ1) is 17.3. The van der Waals surface area contributed by atoms with Crippen LogP contribution in [0.1, 0.15) is 34.6 Å². The summed E-state index contributed by atoms with van der Waals surface area (Å²) in [5, 5.41) is 4.61. The SMILES string of the molecule is CCN1c2cc(Cl)c(Cl)cc2N(CC)C1C=CNC(C)(C)C. The Kier molecular flexibility index (Phi) is 5.18. The Morgan fingerprint density at radius 3 is 1.86 bits per heavy atom. The molecule has 0 bridgehead atoms. The normalized spacial score (nSPS) is 15.8. The summed E-state index contributed by atoms with van der Waals surface area (Å²) in [6.45, 7) is 12.6. The van der Waals surface area contributed by atoms with E-state index in [2.05, 4.69) is 55.8 Å². The molecular formula is C17H25Cl2N3. The van der Waals surface area contributed by atoms with Crippen molar-refractivity contribution >= 4 is 34.6 Å². The molecule has 3 nitrogen and oxygen atoms in total. The predicted octanol–water partition coefficient (Wildman–Crippen LogP) is 4.89. The molecule has 22 heavy (non-hydrogen) atoms. The molecule has 0 aliphatic carbocycles. The summed E-state index contributed by atoms with van der Waals surface area (Å²) in [6.07, 6.45) is 4.42. The van der Waals surface area contributed by atoms with Crippen molar-refractivity contribution in [1.82, 2.24) is 5.32 Å². The van der Waals surface area contributed by atoms with Crippen LogP contribution in [-0.2, 0) is 0 Å². The highest BCUT2D eigenvalue weighted by molar-refractivity contribution is 6.42. The molecule has 1 heterocycles. The Bertz CT molecular complexity index is 527. The van der Waals surface area contributed by atoms with Gasteiger partial charge in [-0.05, 0) is 59.0 Å². The molecule has 1 N–H and O–H groups in total. The molecule has 1 aromatic rings. The van der Waals surface area contributed by atoms with Crippen molar-refractivity contribution in [2.45, 2.75) is 46.3 Å². The van der Waals surface area contributed by atoms with Crippen molar-refractivity contribution in [3.63, 3.8) is 0 Å². The second-order valence-electron chi connectivity index (χ2n) is 6.49. The highest BCUT2D eigenvalue weighted by Gasteiger charge is 2.33. The van der Waals surface area contributed by atoms with Gasteiger partial charge < -0.3 is 15.1 Å². The zero-order valence-corrected chi connectivity index (χ0v) is 15.5. The zero-order chi connectivity index (χ0) is 16.5. The second-order valence-corrected chi connectivity index (χ2v) is 7.31. The average Bonchev–Trinajstić information content (AvgIpc) is 2.70. The van der Waals surface area contributed by atoms with E-state index in [0.717, 1.165) is 24.5 Å². The topological polar surface area (TPSA) is 18.5 Å². The van der Waals surface area contributed by atoms with Gasteiger partial charge in [0.05, 0.1) is 21.4 Å². The van der Waals surface area contributed by atoms with Crippen LogP contribution in [0.25, 0.3) is 0 Å². The van der Waals surface area contributed by atoms with Crippen LogP contribution in [0.4, 0.5) is 11.4 Å². The molecule has 1 aromatic carbocycles. The first-order chi connectivity index (χ1) is 10.3. The van der Waals surface area contributed by atoms with Crippen LogP contribution in [0.15, 0.2) is 24.4 Å². The summed E-state index contributed by atoms with van der Waals surface area (Å²) in [5.41, 5.74) is 2.34. The lowest BCUT2D eigenvalue weighted by Gasteiger charge is -2.30. The van der Waals surface area contributed by atoms with E-state index in [0.29, 0.717) is 10.0 Å². The van der Waals surface area contributed by atoms with E-state index in [1.807, 2.05) is 18.3 Å². The molecule has 2 rings (SSSR count). The summed E-state index contributed by atoms with van der Waals surface area (Å²) >= 11 is 12.4. The highest BCUT2D eigenvalue weighted by Crippen LogP contribution is 2.44. The van der Waals surface area contributed by atoms with Gasteiger partial charge in [0.15, 0.2) is 0 Å². The number of benzene rings is 1. The van der Waals surface area contributed by atoms with Crippen molar-refractivity contribution in [3.8, 4) is 0 Å². The lowest BCUT2D eigenvalue weighted by molar-refractivity contribution is 0.489. The quantitative estimate of drug-likeness (QED) is 0.841. The van der Waals surface area contributed by atoms with Crippen LogP contribution in [0.5, 0.6) is 0 Å². The maximum Gasteiger partial charge on any atom is 0.123 e. The lowest BCUT2D eigenvalue weighted by Crippen LogP contribution is -2.42. The Hall–Kier alpha value is -1.06. The lowest BCUT2D eigenvalue weighted by atomic mass is 10.1. The van der Waals surface area contributed by atoms with Gasteiger partial charge >= 0.3 is 0 Å². The summed E-state index contributed by atoms with van der Waals surface area (Å²) < 4.78 is 0. The Morgan fingerprint density at radius 2 is 1.50 bits per heavy atom. The standard InChI is InChI=1S/C17H25Cl2N3/c1-6-21-14-10-12(18)13(19)11-15(14)22(7-2)16(21)8-9-20-17(3,4)5/h8-11,16,20H,6-7H2,1-5H3. The molecule has 0 saturated carbocycles. The van der Waals surface area contributed by atoms with Gasteiger partial charge in [-0.25, -0.2) is 0 Å². The number of hydrogen-bond acceptors (Lipinski definition) is 3. The molecule has 5 heteroatoms. The minimum absolute atomic E-state index is 0.0582. The van der Waals surface area contributed by atoms with Crippen LogP contribution >= 0.6 is 23.2 Å². The van der Waals surface area contributed by atoms with E-state index < -0.39 is 0 Å². The van der Waals surface area contributed by atoms with Gasteiger partial charge in [-0.3, -0.25) is 0 Å². The van der Waals surface area contributed by atoms with E-state index in [1.54, 1.807) is 0 Å². The largest absolute Gasteiger partial charge is 0.386 e. The van der Waals surface area contributed by atoms with Crippen LogP contribution in [0.3, 0.4) is 0 Å². The molecule has 0 unspecified atom stereocenters. The monoisotopic (exact) mass is 341 g/mol. The molecule has 0 aromatic heterocycles. The minimum atomic E-state index is 0.0582. The number of halogens is 2. The van der Waals surface area contributed by atoms with E-state index >= 15 is 0 Å². The number of hydrogen-bond donors (Lipinski definition) is 1. The number of nitrogens with one attached hydrogen (secondary N) is 1. The number of likely N-dealkylation sites (N-methyl/N-ethyl adjacent to an activating group) is 2. The third kappa shape index (κ3) is 3.47. The molecule has 122 valence electrons. The van der Waals surface area contributed by atoms with Gasteiger partial charge in [-0.15, -0.1) is 0 Å². The number of nitrogens with zero attached hydrogens (tertiary/aromatic N) is 2. The molecule has 1 aliphatic rings. The first-order valence-corrected chi connectivity index (χ1v) is 8.50. The fourth-order valence-corrected chi connectivity index (χ4v) is 3.06. The van der Waals surface area contributed by atoms with Crippen LogP contribution in [-0.4, -0.2) is 24.8 Å². The van der Waals surface area contributed by atoms with E-state index in [-0.39, 0.29) is 11.7 Å².